The maximum atomic E-state index is 9.60. The maximum Gasteiger partial charge on any atom is 0.108 e. The Balaban J connectivity index is 3.32. The molecule has 3 unspecified atom stereocenters. The Bertz CT molecular complexity index is 245. The third-order valence-electron chi connectivity index (χ3n) is 3.76. The van der Waals surface area contributed by atoms with Crippen LogP contribution in [0.3, 0.4) is 0 Å². The van der Waals surface area contributed by atoms with Crippen LogP contribution in [0.5, 0.6) is 0 Å². The van der Waals surface area contributed by atoms with Crippen LogP contribution in [-0.4, -0.2) is 70.2 Å². The minimum absolute atomic E-state index is 0.0195. The van der Waals surface area contributed by atoms with Gasteiger partial charge in [-0.1, -0.05) is 38.5 Å². The molecule has 23 heavy (non-hydrogen) atoms. The number of aliphatic hydroxyl groups is 5. The molecule has 3 atom stereocenters. The second-order valence-corrected chi connectivity index (χ2v) is 5.89. The molecule has 7 nitrogen and oxygen atoms in total. The van der Waals surface area contributed by atoms with Crippen molar-refractivity contribution < 1.29 is 30.4 Å². The summed E-state index contributed by atoms with van der Waals surface area (Å²) < 4.78 is 0. The molecule has 0 aliphatic carbocycles. The summed E-state index contributed by atoms with van der Waals surface area (Å²) in [5.74, 6) is 0. The van der Waals surface area contributed by atoms with Crippen molar-refractivity contribution in [3.63, 3.8) is 0 Å². The Morgan fingerprint density at radius 2 is 1.26 bits per heavy atom. The molecule has 0 spiro atoms. The van der Waals surface area contributed by atoms with Gasteiger partial charge in [-0.3, -0.25) is 4.84 Å². The Kier molecular flexibility index (Phi) is 16.4. The summed E-state index contributed by atoms with van der Waals surface area (Å²) in [5, 5.41) is 45.9. The van der Waals surface area contributed by atoms with Gasteiger partial charge in [0.15, 0.2) is 0 Å². The molecule has 0 aliphatic rings. The van der Waals surface area contributed by atoms with Gasteiger partial charge in [0, 0.05) is 19.8 Å². The van der Waals surface area contributed by atoms with Crippen LogP contribution in [-0.2, 0) is 4.84 Å². The largest absolute Gasteiger partial charge is 0.396 e. The summed E-state index contributed by atoms with van der Waals surface area (Å²) in [6.45, 7) is 0.602. The fraction of sp³-hybridized carbons (Fsp3) is 1.00. The first-order valence-corrected chi connectivity index (χ1v) is 8.74. The molecule has 0 amide bonds. The molecule has 0 bridgehead atoms. The molecule has 0 aromatic rings. The van der Waals surface area contributed by atoms with Crippen LogP contribution in [0.15, 0.2) is 0 Å². The van der Waals surface area contributed by atoms with E-state index in [9.17, 15) is 15.3 Å². The van der Waals surface area contributed by atoms with Gasteiger partial charge in [0.2, 0.25) is 0 Å². The molecule has 0 aliphatic heterocycles. The third-order valence-corrected chi connectivity index (χ3v) is 3.76. The van der Waals surface area contributed by atoms with E-state index < -0.39 is 18.3 Å². The molecule has 0 fully saturated rings. The van der Waals surface area contributed by atoms with Gasteiger partial charge in [0.25, 0.3) is 0 Å². The number of hydrogen-bond acceptors (Lipinski definition) is 7. The highest BCUT2D eigenvalue weighted by molar-refractivity contribution is 4.74. The quantitative estimate of drug-likeness (QED) is 0.164. The van der Waals surface area contributed by atoms with E-state index in [2.05, 4.69) is 5.48 Å². The van der Waals surface area contributed by atoms with E-state index in [0.717, 1.165) is 25.7 Å². The lowest BCUT2D eigenvalue weighted by atomic mass is 10.1. The minimum Gasteiger partial charge on any atom is -0.396 e. The molecule has 0 saturated heterocycles. The van der Waals surface area contributed by atoms with Crippen LogP contribution in [0.2, 0.25) is 0 Å². The molecule has 140 valence electrons. The molecular weight excluding hydrogens is 302 g/mol. The van der Waals surface area contributed by atoms with E-state index in [-0.39, 0.29) is 26.2 Å². The molecular formula is C16H35NO6. The molecule has 0 heterocycles. The molecule has 6 N–H and O–H groups in total. The predicted octanol–water partition coefficient (Wildman–Crippen LogP) is 0.0858. The summed E-state index contributed by atoms with van der Waals surface area (Å²) in [4.78, 5) is 5.06. The monoisotopic (exact) mass is 337 g/mol. The molecule has 7 heteroatoms. The van der Waals surface area contributed by atoms with E-state index in [1.54, 1.807) is 0 Å². The standard InChI is InChI=1S/C16H35NO6/c18-11-8-6-4-2-1-3-5-7-10-17-23-13-15(21)16(22)14(20)9-12-19/h14-22H,1-13H2. The second-order valence-electron chi connectivity index (χ2n) is 5.89. The lowest BCUT2D eigenvalue weighted by Gasteiger charge is -2.22. The van der Waals surface area contributed by atoms with Crippen molar-refractivity contribution in [1.82, 2.24) is 5.48 Å². The van der Waals surface area contributed by atoms with Crippen molar-refractivity contribution in [3.05, 3.63) is 0 Å². The second kappa shape index (κ2) is 16.6. The normalized spacial score (nSPS) is 15.5. The Morgan fingerprint density at radius 1 is 0.696 bits per heavy atom. The molecule has 0 radical (unpaired) electrons. The van der Waals surface area contributed by atoms with Crippen molar-refractivity contribution >= 4 is 0 Å². The van der Waals surface area contributed by atoms with Crippen LogP contribution in [0.4, 0.5) is 0 Å². The lowest BCUT2D eigenvalue weighted by molar-refractivity contribution is -0.107. The topological polar surface area (TPSA) is 122 Å². The maximum absolute atomic E-state index is 9.60. The van der Waals surface area contributed by atoms with Gasteiger partial charge in [-0.15, -0.1) is 0 Å². The van der Waals surface area contributed by atoms with Crippen LogP contribution < -0.4 is 5.48 Å². The summed E-state index contributed by atoms with van der Waals surface area (Å²) in [7, 11) is 0. The van der Waals surface area contributed by atoms with Crippen molar-refractivity contribution in [2.45, 2.75) is 76.1 Å². The highest BCUT2D eigenvalue weighted by Gasteiger charge is 2.24. The molecule has 0 aromatic heterocycles. The first kappa shape index (κ1) is 22.7. The van der Waals surface area contributed by atoms with Gasteiger partial charge < -0.3 is 25.5 Å². The first-order valence-electron chi connectivity index (χ1n) is 8.74. The zero-order valence-electron chi connectivity index (χ0n) is 14.1. The number of hydrogen-bond donors (Lipinski definition) is 6. The van der Waals surface area contributed by atoms with Crippen molar-refractivity contribution in [1.29, 1.82) is 0 Å². The van der Waals surface area contributed by atoms with E-state index in [1.807, 2.05) is 0 Å². The van der Waals surface area contributed by atoms with E-state index >= 15 is 0 Å². The Labute approximate surface area is 139 Å². The fourth-order valence-electron chi connectivity index (χ4n) is 2.24. The van der Waals surface area contributed by atoms with Crippen molar-refractivity contribution in [3.8, 4) is 0 Å². The van der Waals surface area contributed by atoms with E-state index in [0.29, 0.717) is 6.54 Å². The highest BCUT2D eigenvalue weighted by atomic mass is 16.6. The van der Waals surface area contributed by atoms with E-state index in [1.165, 1.54) is 25.7 Å². The zero-order valence-corrected chi connectivity index (χ0v) is 14.1. The average Bonchev–Trinajstić information content (AvgIpc) is 2.55. The van der Waals surface area contributed by atoms with Gasteiger partial charge in [-0.2, -0.15) is 0 Å². The Morgan fingerprint density at radius 3 is 1.83 bits per heavy atom. The van der Waals surface area contributed by atoms with Crippen LogP contribution in [0, 0.1) is 0 Å². The average molecular weight is 337 g/mol. The fourth-order valence-corrected chi connectivity index (χ4v) is 2.24. The molecule has 0 saturated carbocycles. The summed E-state index contributed by atoms with van der Waals surface area (Å²) in [6.07, 6.45) is 5.22. The minimum atomic E-state index is -1.32. The lowest BCUT2D eigenvalue weighted by Crippen LogP contribution is -2.41. The Hall–Kier alpha value is -0.280. The van der Waals surface area contributed by atoms with Gasteiger partial charge >= 0.3 is 0 Å². The van der Waals surface area contributed by atoms with Crippen molar-refractivity contribution in [2.75, 3.05) is 26.4 Å². The van der Waals surface area contributed by atoms with Gasteiger partial charge in [-0.05, 0) is 19.3 Å². The number of rotatable bonds is 17. The number of nitrogens with one attached hydrogen (secondary N) is 1. The van der Waals surface area contributed by atoms with Crippen LogP contribution >= 0.6 is 0 Å². The van der Waals surface area contributed by atoms with E-state index in [4.69, 9.17) is 15.1 Å². The SMILES string of the molecule is OCCCCCCCCCCNOCC(O)C(O)C(O)CCO. The predicted molar refractivity (Wildman–Crippen MR) is 87.7 cm³/mol. The molecule has 0 rings (SSSR count). The van der Waals surface area contributed by atoms with Crippen LogP contribution in [0.1, 0.15) is 57.8 Å². The van der Waals surface area contributed by atoms with Gasteiger partial charge in [-0.25, -0.2) is 5.48 Å². The number of hydroxylamine groups is 1. The molecule has 0 aromatic carbocycles. The third kappa shape index (κ3) is 13.8. The number of unbranched alkanes of at least 4 members (excludes halogenated alkanes) is 7. The zero-order chi connectivity index (χ0) is 17.3. The van der Waals surface area contributed by atoms with Crippen LogP contribution in [0.25, 0.3) is 0 Å². The smallest absolute Gasteiger partial charge is 0.108 e. The summed E-state index contributed by atoms with van der Waals surface area (Å²) in [6, 6.07) is 0. The van der Waals surface area contributed by atoms with Gasteiger partial charge in [0.1, 0.15) is 12.2 Å². The summed E-state index contributed by atoms with van der Waals surface area (Å²) >= 11 is 0. The van der Waals surface area contributed by atoms with Crippen molar-refractivity contribution in [2.24, 2.45) is 0 Å². The summed E-state index contributed by atoms with van der Waals surface area (Å²) in [5.41, 5.74) is 2.73. The van der Waals surface area contributed by atoms with Gasteiger partial charge in [0.05, 0.1) is 12.7 Å². The highest BCUT2D eigenvalue weighted by Crippen LogP contribution is 2.08. The first-order chi connectivity index (χ1) is 11.1. The number of aliphatic hydroxyl groups excluding tert-OH is 5.